The summed E-state index contributed by atoms with van der Waals surface area (Å²) in [5, 5.41) is 10.7. The number of benzene rings is 1. The highest BCUT2D eigenvalue weighted by atomic mass is 15.3. The summed E-state index contributed by atoms with van der Waals surface area (Å²) in [6.07, 6.45) is 0.976. The first kappa shape index (κ1) is 12.2. The van der Waals surface area contributed by atoms with Crippen LogP contribution in [-0.2, 0) is 6.42 Å². The molecule has 4 N–H and O–H groups in total. The number of aliphatic imine (C=N–C) groups is 1. The maximum atomic E-state index is 7.65. The molecule has 2 rings (SSSR count). The summed E-state index contributed by atoms with van der Waals surface area (Å²) in [5.74, 6) is 0.695. The lowest BCUT2D eigenvalue weighted by Gasteiger charge is -2.24. The van der Waals surface area contributed by atoms with Crippen LogP contribution >= 0.6 is 0 Å². The Hall–Kier alpha value is -2.30. The van der Waals surface area contributed by atoms with E-state index < -0.39 is 0 Å². The number of hydrogen-bond donors (Lipinski definition) is 3. The minimum Gasteiger partial charge on any atom is -0.393 e. The van der Waals surface area contributed by atoms with E-state index in [9.17, 15) is 0 Å². The molecule has 0 unspecified atom stereocenters. The van der Waals surface area contributed by atoms with Crippen LogP contribution < -0.4 is 16.0 Å². The molecular weight excluding hydrogens is 226 g/mol. The Labute approximate surface area is 107 Å². The molecule has 1 aromatic rings. The van der Waals surface area contributed by atoms with Gasteiger partial charge in [0, 0.05) is 19.3 Å². The van der Waals surface area contributed by atoms with Crippen LogP contribution in [0.1, 0.15) is 5.56 Å². The molecule has 94 valence electrons. The molecule has 0 atom stereocenters. The Kier molecular flexibility index (Phi) is 3.32. The molecule has 18 heavy (non-hydrogen) atoms. The van der Waals surface area contributed by atoms with Crippen molar-refractivity contribution < 1.29 is 0 Å². The predicted octanol–water partition coefficient (Wildman–Crippen LogP) is 1.07. The van der Waals surface area contributed by atoms with E-state index in [1.54, 1.807) is 7.05 Å². The summed E-state index contributed by atoms with van der Waals surface area (Å²) in [6.45, 7) is 4.18. The lowest BCUT2D eigenvalue weighted by atomic mass is 10.2. The second-order valence-electron chi connectivity index (χ2n) is 4.05. The molecule has 0 amide bonds. The van der Waals surface area contributed by atoms with E-state index in [0.29, 0.717) is 11.5 Å². The minimum absolute atomic E-state index is 0.0104. The van der Waals surface area contributed by atoms with E-state index in [-0.39, 0.29) is 5.84 Å². The fourth-order valence-electron chi connectivity index (χ4n) is 2.18. The van der Waals surface area contributed by atoms with Gasteiger partial charge in [-0.15, -0.1) is 0 Å². The van der Waals surface area contributed by atoms with Gasteiger partial charge < -0.3 is 16.0 Å². The van der Waals surface area contributed by atoms with Gasteiger partial charge in [-0.25, -0.2) is 4.99 Å². The first-order valence-corrected chi connectivity index (χ1v) is 5.77. The Morgan fingerprint density at radius 2 is 2.22 bits per heavy atom. The number of hydrogen-bond acceptors (Lipinski definition) is 4. The van der Waals surface area contributed by atoms with Crippen molar-refractivity contribution in [3.63, 3.8) is 0 Å². The van der Waals surface area contributed by atoms with Gasteiger partial charge in [-0.2, -0.15) is 0 Å². The van der Waals surface area contributed by atoms with Crippen molar-refractivity contribution in [2.45, 2.75) is 6.42 Å². The molecule has 0 aliphatic carbocycles. The number of para-hydroxylation sites is 1. The molecule has 0 saturated carbocycles. The van der Waals surface area contributed by atoms with Gasteiger partial charge in [-0.3, -0.25) is 5.41 Å². The molecule has 1 aliphatic heterocycles. The third-order valence-corrected chi connectivity index (χ3v) is 3.06. The standard InChI is InChI=1S/C13H17N5/c1-16-12(15)11(14)13(17-2)18-8-7-9-5-3-4-6-10(9)18/h3-6,15,17H,1,7-8,14H2,2H3/b13-11-,15-12?. The van der Waals surface area contributed by atoms with Gasteiger partial charge in [0.2, 0.25) is 0 Å². The fourth-order valence-corrected chi connectivity index (χ4v) is 2.18. The molecular formula is C13H17N5. The third kappa shape index (κ3) is 1.95. The van der Waals surface area contributed by atoms with E-state index >= 15 is 0 Å². The van der Waals surface area contributed by atoms with Crippen LogP contribution in [0.5, 0.6) is 0 Å². The summed E-state index contributed by atoms with van der Waals surface area (Å²) >= 11 is 0. The van der Waals surface area contributed by atoms with Gasteiger partial charge in [-0.05, 0) is 24.8 Å². The zero-order valence-electron chi connectivity index (χ0n) is 10.4. The van der Waals surface area contributed by atoms with Crippen molar-refractivity contribution in [2.24, 2.45) is 10.7 Å². The largest absolute Gasteiger partial charge is 0.393 e. The summed E-state index contributed by atoms with van der Waals surface area (Å²) in [6, 6.07) is 8.19. The van der Waals surface area contributed by atoms with Gasteiger partial charge in [0.25, 0.3) is 0 Å². The molecule has 1 aromatic carbocycles. The van der Waals surface area contributed by atoms with Gasteiger partial charge in [0.15, 0.2) is 5.84 Å². The molecule has 5 nitrogen and oxygen atoms in total. The first-order chi connectivity index (χ1) is 8.69. The maximum absolute atomic E-state index is 7.65. The SMILES string of the molecule is C=NC(=N)/C(N)=C(\NC)N1CCc2ccccc21. The van der Waals surface area contributed by atoms with Crippen LogP contribution in [-0.4, -0.2) is 26.1 Å². The number of fused-ring (bicyclic) bond motifs is 1. The average molecular weight is 243 g/mol. The number of nitrogens with zero attached hydrogens (tertiary/aromatic N) is 2. The van der Waals surface area contributed by atoms with Gasteiger partial charge in [0.1, 0.15) is 11.5 Å². The Bertz CT molecular complexity index is 518. The van der Waals surface area contributed by atoms with Gasteiger partial charge in [-0.1, -0.05) is 18.2 Å². The van der Waals surface area contributed by atoms with E-state index in [0.717, 1.165) is 18.7 Å². The fraction of sp³-hybridized carbons (Fsp3) is 0.231. The quantitative estimate of drug-likeness (QED) is 0.549. The van der Waals surface area contributed by atoms with Crippen molar-refractivity contribution in [2.75, 3.05) is 18.5 Å². The van der Waals surface area contributed by atoms with Crippen molar-refractivity contribution in [1.29, 1.82) is 5.41 Å². The van der Waals surface area contributed by atoms with Crippen LogP contribution in [0.2, 0.25) is 0 Å². The maximum Gasteiger partial charge on any atom is 0.171 e. The van der Waals surface area contributed by atoms with Crippen LogP contribution in [0.4, 0.5) is 5.69 Å². The normalized spacial score (nSPS) is 14.8. The Balaban J connectivity index is 2.43. The Morgan fingerprint density at radius 3 is 2.89 bits per heavy atom. The molecule has 0 aromatic heterocycles. The predicted molar refractivity (Wildman–Crippen MR) is 75.0 cm³/mol. The number of nitrogens with two attached hydrogens (primary N) is 1. The summed E-state index contributed by atoms with van der Waals surface area (Å²) in [5.41, 5.74) is 8.66. The van der Waals surface area contributed by atoms with Crippen molar-refractivity contribution in [3.05, 3.63) is 41.3 Å². The first-order valence-electron chi connectivity index (χ1n) is 5.77. The summed E-state index contributed by atoms with van der Waals surface area (Å²) in [7, 11) is 1.79. The smallest absolute Gasteiger partial charge is 0.171 e. The van der Waals surface area contributed by atoms with Gasteiger partial charge in [0.05, 0.1) is 0 Å². The molecule has 0 radical (unpaired) electrons. The van der Waals surface area contributed by atoms with Crippen LogP contribution in [0.3, 0.4) is 0 Å². The number of rotatable bonds is 3. The summed E-state index contributed by atoms with van der Waals surface area (Å²) in [4.78, 5) is 5.64. The molecule has 0 saturated heterocycles. The molecule has 5 heteroatoms. The minimum atomic E-state index is -0.0104. The summed E-state index contributed by atoms with van der Waals surface area (Å²) < 4.78 is 0. The van der Waals surface area contributed by atoms with E-state index in [1.807, 2.05) is 12.1 Å². The number of anilines is 1. The van der Waals surface area contributed by atoms with Crippen LogP contribution in [0.15, 0.2) is 40.8 Å². The monoisotopic (exact) mass is 243 g/mol. The zero-order valence-corrected chi connectivity index (χ0v) is 10.4. The molecule has 0 fully saturated rings. The molecule has 1 aliphatic rings. The Morgan fingerprint density at radius 1 is 1.50 bits per heavy atom. The second kappa shape index (κ2) is 4.91. The topological polar surface area (TPSA) is 77.5 Å². The molecule has 1 heterocycles. The van der Waals surface area contributed by atoms with E-state index in [1.165, 1.54) is 5.56 Å². The molecule has 0 spiro atoms. The second-order valence-corrected chi connectivity index (χ2v) is 4.05. The molecule has 0 bridgehead atoms. The van der Waals surface area contributed by atoms with E-state index in [2.05, 4.69) is 34.1 Å². The highest BCUT2D eigenvalue weighted by Gasteiger charge is 2.23. The van der Waals surface area contributed by atoms with Crippen molar-refractivity contribution >= 4 is 18.2 Å². The van der Waals surface area contributed by atoms with Crippen LogP contribution in [0, 0.1) is 5.41 Å². The highest BCUT2D eigenvalue weighted by Crippen LogP contribution is 2.30. The number of amidine groups is 1. The van der Waals surface area contributed by atoms with Gasteiger partial charge >= 0.3 is 0 Å². The highest BCUT2D eigenvalue weighted by molar-refractivity contribution is 5.98. The van der Waals surface area contributed by atoms with Crippen molar-refractivity contribution in [3.8, 4) is 0 Å². The van der Waals surface area contributed by atoms with E-state index in [4.69, 9.17) is 11.1 Å². The zero-order chi connectivity index (χ0) is 13.1. The number of nitrogens with one attached hydrogen (secondary N) is 2. The average Bonchev–Trinajstić information content (AvgIpc) is 2.83. The lowest BCUT2D eigenvalue weighted by Crippen LogP contribution is -2.33. The van der Waals surface area contributed by atoms with Crippen LogP contribution in [0.25, 0.3) is 0 Å². The lowest BCUT2D eigenvalue weighted by molar-refractivity contribution is 0.833. The van der Waals surface area contributed by atoms with Crippen molar-refractivity contribution in [1.82, 2.24) is 5.32 Å². The third-order valence-electron chi connectivity index (χ3n) is 3.06.